The van der Waals surface area contributed by atoms with E-state index >= 15 is 0 Å². The molecule has 0 fully saturated rings. The van der Waals surface area contributed by atoms with Crippen molar-refractivity contribution in [3.63, 3.8) is 0 Å². The fraction of sp³-hybridized carbons (Fsp3) is 0.625. The minimum Gasteiger partial charge on any atom is -0.384 e. The summed E-state index contributed by atoms with van der Waals surface area (Å²) in [5.41, 5.74) is 6.71. The molecule has 1 unspecified atom stereocenters. The van der Waals surface area contributed by atoms with Crippen LogP contribution >= 0.6 is 0 Å². The smallest absolute Gasteiger partial charge is 0.123 e. The molecule has 0 aromatic carbocycles. The fourth-order valence-electron chi connectivity index (χ4n) is 1.05. The van der Waals surface area contributed by atoms with Crippen molar-refractivity contribution in [3.8, 4) is 0 Å². The molecule has 0 saturated carbocycles. The van der Waals surface area contributed by atoms with Crippen LogP contribution in [0.2, 0.25) is 0 Å². The molecule has 0 bridgehead atoms. The highest BCUT2D eigenvalue weighted by molar-refractivity contribution is 5.30. The van der Waals surface area contributed by atoms with Crippen molar-refractivity contribution < 1.29 is 0 Å². The molecule has 0 saturated heterocycles. The molecule has 0 amide bonds. The Morgan fingerprint density at radius 1 is 1.58 bits per heavy atom. The van der Waals surface area contributed by atoms with Crippen molar-refractivity contribution in [2.75, 3.05) is 19.8 Å². The van der Waals surface area contributed by atoms with Crippen LogP contribution in [0.3, 0.4) is 0 Å². The highest BCUT2D eigenvalue weighted by Crippen LogP contribution is 2.14. The third-order valence-electron chi connectivity index (χ3n) is 1.99. The molecule has 1 rings (SSSR count). The highest BCUT2D eigenvalue weighted by atomic mass is 15.4. The van der Waals surface area contributed by atoms with Crippen molar-refractivity contribution in [2.45, 2.75) is 20.0 Å². The third-order valence-corrected chi connectivity index (χ3v) is 1.99. The van der Waals surface area contributed by atoms with Crippen LogP contribution in [0.15, 0.2) is 6.07 Å². The summed E-state index contributed by atoms with van der Waals surface area (Å²) in [5.74, 6) is 0.716. The average molecular weight is 168 g/mol. The summed E-state index contributed by atoms with van der Waals surface area (Å²) in [4.78, 5) is 2.06. The van der Waals surface area contributed by atoms with E-state index in [1.807, 2.05) is 31.8 Å². The van der Waals surface area contributed by atoms with Crippen LogP contribution in [-0.2, 0) is 0 Å². The second-order valence-corrected chi connectivity index (χ2v) is 3.25. The Labute approximate surface area is 73.0 Å². The largest absolute Gasteiger partial charge is 0.384 e. The minimum atomic E-state index is 0.207. The van der Waals surface area contributed by atoms with Gasteiger partial charge in [-0.3, -0.25) is 4.90 Å². The molecule has 0 radical (unpaired) electrons. The summed E-state index contributed by atoms with van der Waals surface area (Å²) >= 11 is 0. The van der Waals surface area contributed by atoms with Gasteiger partial charge in [0, 0.05) is 6.07 Å². The van der Waals surface area contributed by atoms with Gasteiger partial charge in [-0.15, -0.1) is 0 Å². The predicted molar refractivity (Wildman–Crippen MR) is 49.8 cm³/mol. The Morgan fingerprint density at radius 2 is 2.17 bits per heavy atom. The lowest BCUT2D eigenvalue weighted by Gasteiger charge is -2.20. The van der Waals surface area contributed by atoms with E-state index in [2.05, 4.69) is 16.9 Å². The lowest BCUT2D eigenvalue weighted by Crippen LogP contribution is -2.24. The van der Waals surface area contributed by atoms with Crippen LogP contribution in [0, 0.1) is 6.92 Å². The van der Waals surface area contributed by atoms with Crippen molar-refractivity contribution in [1.29, 1.82) is 0 Å². The van der Waals surface area contributed by atoms with Gasteiger partial charge in [-0.2, -0.15) is 5.10 Å². The van der Waals surface area contributed by atoms with Crippen LogP contribution in [-0.4, -0.2) is 28.8 Å². The summed E-state index contributed by atoms with van der Waals surface area (Å²) < 4.78 is 1.81. The lowest BCUT2D eigenvalue weighted by molar-refractivity contribution is 0.223. The van der Waals surface area contributed by atoms with E-state index in [9.17, 15) is 0 Å². The number of anilines is 1. The normalized spacial score (nSPS) is 13.8. The third kappa shape index (κ3) is 1.58. The van der Waals surface area contributed by atoms with E-state index in [1.54, 1.807) is 0 Å². The quantitative estimate of drug-likeness (QED) is 0.712. The predicted octanol–water partition coefficient (Wildman–Crippen LogP) is 0.854. The van der Waals surface area contributed by atoms with Gasteiger partial charge in [0.15, 0.2) is 0 Å². The first-order chi connectivity index (χ1) is 5.52. The van der Waals surface area contributed by atoms with Crippen LogP contribution in [0.4, 0.5) is 5.82 Å². The molecular weight excluding hydrogens is 152 g/mol. The number of rotatable bonds is 2. The molecule has 4 heteroatoms. The molecular formula is C8H16N4. The first-order valence-corrected chi connectivity index (χ1v) is 4.00. The summed E-state index contributed by atoms with van der Waals surface area (Å²) in [6.45, 7) is 4.00. The SMILES string of the molecule is Cc1cc(N)n(C(C)N(C)C)n1. The van der Waals surface area contributed by atoms with Gasteiger partial charge < -0.3 is 5.73 Å². The van der Waals surface area contributed by atoms with Crippen molar-refractivity contribution in [1.82, 2.24) is 14.7 Å². The van der Waals surface area contributed by atoms with Crippen LogP contribution in [0.25, 0.3) is 0 Å². The molecule has 0 aliphatic heterocycles. The number of hydrogen-bond acceptors (Lipinski definition) is 3. The monoisotopic (exact) mass is 168 g/mol. The van der Waals surface area contributed by atoms with E-state index in [-0.39, 0.29) is 6.17 Å². The summed E-state index contributed by atoms with van der Waals surface area (Å²) in [6.07, 6.45) is 0.207. The molecule has 4 nitrogen and oxygen atoms in total. The average Bonchev–Trinajstić information content (AvgIpc) is 2.28. The summed E-state index contributed by atoms with van der Waals surface area (Å²) in [7, 11) is 4.00. The van der Waals surface area contributed by atoms with Gasteiger partial charge in [-0.05, 0) is 27.9 Å². The molecule has 2 N–H and O–H groups in total. The number of nitrogens with two attached hydrogens (primary N) is 1. The van der Waals surface area contributed by atoms with E-state index in [1.165, 1.54) is 0 Å². The van der Waals surface area contributed by atoms with Gasteiger partial charge in [0.2, 0.25) is 0 Å². The molecule has 0 aliphatic carbocycles. The summed E-state index contributed by atoms with van der Waals surface area (Å²) in [6, 6.07) is 1.88. The zero-order chi connectivity index (χ0) is 9.30. The van der Waals surface area contributed by atoms with E-state index in [0.29, 0.717) is 5.82 Å². The van der Waals surface area contributed by atoms with Gasteiger partial charge in [0.1, 0.15) is 12.0 Å². The minimum absolute atomic E-state index is 0.207. The molecule has 0 aliphatic rings. The molecule has 12 heavy (non-hydrogen) atoms. The van der Waals surface area contributed by atoms with Crippen molar-refractivity contribution in [2.24, 2.45) is 0 Å². The van der Waals surface area contributed by atoms with Crippen molar-refractivity contribution in [3.05, 3.63) is 11.8 Å². The van der Waals surface area contributed by atoms with E-state index in [4.69, 9.17) is 5.73 Å². The number of nitrogens with zero attached hydrogens (tertiary/aromatic N) is 3. The van der Waals surface area contributed by atoms with Gasteiger partial charge >= 0.3 is 0 Å². The second-order valence-electron chi connectivity index (χ2n) is 3.25. The van der Waals surface area contributed by atoms with Gasteiger partial charge in [0.25, 0.3) is 0 Å². The van der Waals surface area contributed by atoms with Gasteiger partial charge in [-0.1, -0.05) is 0 Å². The lowest BCUT2D eigenvalue weighted by atomic mass is 10.5. The Kier molecular flexibility index (Phi) is 2.38. The van der Waals surface area contributed by atoms with Gasteiger partial charge in [-0.25, -0.2) is 4.68 Å². The molecule has 1 heterocycles. The fourth-order valence-corrected chi connectivity index (χ4v) is 1.05. The van der Waals surface area contributed by atoms with Crippen LogP contribution in [0.1, 0.15) is 18.8 Å². The van der Waals surface area contributed by atoms with Crippen molar-refractivity contribution >= 4 is 5.82 Å². The topological polar surface area (TPSA) is 47.1 Å². The first kappa shape index (κ1) is 9.06. The van der Waals surface area contributed by atoms with E-state index < -0.39 is 0 Å². The number of hydrogen-bond donors (Lipinski definition) is 1. The van der Waals surface area contributed by atoms with Crippen LogP contribution in [0.5, 0.6) is 0 Å². The molecule has 1 atom stereocenters. The molecule has 1 aromatic rings. The maximum Gasteiger partial charge on any atom is 0.123 e. The molecule has 0 spiro atoms. The maximum atomic E-state index is 5.75. The van der Waals surface area contributed by atoms with E-state index in [0.717, 1.165) is 5.69 Å². The number of aromatic nitrogens is 2. The standard InChI is InChI=1S/C8H16N4/c1-6-5-8(9)12(10-6)7(2)11(3)4/h5,7H,9H2,1-4H3. The second kappa shape index (κ2) is 3.15. The zero-order valence-corrected chi connectivity index (χ0v) is 8.07. The number of nitrogen functional groups attached to an aromatic ring is 1. The number of aryl methyl sites for hydroxylation is 1. The Morgan fingerprint density at radius 3 is 2.50 bits per heavy atom. The molecule has 68 valence electrons. The summed E-state index contributed by atoms with van der Waals surface area (Å²) in [5, 5.41) is 4.28. The zero-order valence-electron chi connectivity index (χ0n) is 8.07. The van der Waals surface area contributed by atoms with Gasteiger partial charge in [0.05, 0.1) is 5.69 Å². The Hall–Kier alpha value is -1.03. The van der Waals surface area contributed by atoms with Crippen LogP contribution < -0.4 is 5.73 Å². The first-order valence-electron chi connectivity index (χ1n) is 4.00. The Bertz CT molecular complexity index is 264. The Balaban J connectivity index is 2.94. The molecule has 1 aromatic heterocycles. The highest BCUT2D eigenvalue weighted by Gasteiger charge is 2.10. The maximum absolute atomic E-state index is 5.75.